The van der Waals surface area contributed by atoms with Crippen LogP contribution in [-0.4, -0.2) is 31.8 Å². The van der Waals surface area contributed by atoms with Gasteiger partial charge in [0.15, 0.2) is 5.15 Å². The summed E-state index contributed by atoms with van der Waals surface area (Å²) in [5, 5.41) is 18.4. The number of rotatable bonds is 4. The maximum Gasteiger partial charge on any atom is 0.323 e. The van der Waals surface area contributed by atoms with Gasteiger partial charge in [0.1, 0.15) is 12.1 Å². The number of nitrogens with zero attached hydrogens (tertiary/aromatic N) is 2. The fraction of sp³-hybridized carbons (Fsp3) is 0.500. The number of aliphatic hydroxyl groups excluding tert-OH is 1. The summed E-state index contributed by atoms with van der Waals surface area (Å²) in [6.45, 7) is 2.35. The molecule has 1 rings (SSSR count). The average molecular weight is 234 g/mol. The molecule has 0 bridgehead atoms. The molecule has 0 amide bonds. The Bertz CT molecular complexity index is 366. The zero-order chi connectivity index (χ0) is 11.6. The Kier molecular flexibility index (Phi) is 3.67. The Labute approximate surface area is 91.3 Å². The SMILES string of the molecule is CCn1cnc(Cl)c1C(O)C(N)C(=O)O. The van der Waals surface area contributed by atoms with Crippen LogP contribution < -0.4 is 5.73 Å². The molecule has 4 N–H and O–H groups in total. The van der Waals surface area contributed by atoms with Crippen LogP contribution in [0.2, 0.25) is 5.15 Å². The molecule has 0 aliphatic heterocycles. The number of carboxylic acids is 1. The number of halogens is 1. The van der Waals surface area contributed by atoms with Crippen molar-refractivity contribution in [1.29, 1.82) is 0 Å². The number of hydrogen-bond donors (Lipinski definition) is 3. The molecule has 15 heavy (non-hydrogen) atoms. The van der Waals surface area contributed by atoms with E-state index in [2.05, 4.69) is 4.98 Å². The Morgan fingerprint density at radius 2 is 2.40 bits per heavy atom. The Balaban J connectivity index is 3.03. The van der Waals surface area contributed by atoms with Crippen molar-refractivity contribution in [3.8, 4) is 0 Å². The molecule has 7 heteroatoms. The van der Waals surface area contributed by atoms with Crippen molar-refractivity contribution >= 4 is 17.6 Å². The molecular weight excluding hydrogens is 222 g/mol. The van der Waals surface area contributed by atoms with E-state index < -0.39 is 18.1 Å². The number of nitrogens with two attached hydrogens (primary N) is 1. The Morgan fingerprint density at radius 1 is 1.80 bits per heavy atom. The first-order valence-corrected chi connectivity index (χ1v) is 4.73. The average Bonchev–Trinajstić information content (AvgIpc) is 2.57. The molecule has 0 aliphatic rings. The molecule has 1 aromatic rings. The smallest absolute Gasteiger partial charge is 0.323 e. The van der Waals surface area contributed by atoms with E-state index in [0.717, 1.165) is 0 Å². The van der Waals surface area contributed by atoms with E-state index in [1.54, 1.807) is 4.57 Å². The molecule has 2 unspecified atom stereocenters. The predicted octanol–water partition coefficient (Wildman–Crippen LogP) is 0.00170. The van der Waals surface area contributed by atoms with E-state index in [9.17, 15) is 9.90 Å². The van der Waals surface area contributed by atoms with Crippen molar-refractivity contribution < 1.29 is 15.0 Å². The summed E-state index contributed by atoms with van der Waals surface area (Å²) in [6.07, 6.45) is 0.0626. The first-order chi connectivity index (χ1) is 6.99. The number of aliphatic hydroxyl groups is 1. The largest absolute Gasteiger partial charge is 0.480 e. The third-order valence-electron chi connectivity index (χ3n) is 2.08. The highest BCUT2D eigenvalue weighted by molar-refractivity contribution is 6.30. The minimum Gasteiger partial charge on any atom is -0.480 e. The topological polar surface area (TPSA) is 101 Å². The van der Waals surface area contributed by atoms with Crippen molar-refractivity contribution in [3.05, 3.63) is 17.2 Å². The molecule has 1 aromatic heterocycles. The number of carbonyl (C=O) groups is 1. The molecule has 0 saturated carbocycles. The van der Waals surface area contributed by atoms with Crippen molar-refractivity contribution in [2.75, 3.05) is 0 Å². The minimum atomic E-state index is -1.41. The van der Waals surface area contributed by atoms with Crippen LogP contribution in [0, 0.1) is 0 Å². The van der Waals surface area contributed by atoms with Gasteiger partial charge in [-0.25, -0.2) is 4.98 Å². The molecule has 0 fully saturated rings. The molecule has 0 spiro atoms. The van der Waals surface area contributed by atoms with Gasteiger partial charge in [-0.1, -0.05) is 11.6 Å². The Hall–Kier alpha value is -1.11. The minimum absolute atomic E-state index is 0.0704. The van der Waals surface area contributed by atoms with Gasteiger partial charge >= 0.3 is 5.97 Å². The van der Waals surface area contributed by atoms with Crippen LogP contribution in [-0.2, 0) is 11.3 Å². The van der Waals surface area contributed by atoms with E-state index in [1.165, 1.54) is 6.33 Å². The summed E-state index contributed by atoms with van der Waals surface area (Å²) < 4.78 is 1.55. The molecular formula is C8H12ClN3O3. The maximum absolute atomic E-state index is 10.6. The normalized spacial score (nSPS) is 14.9. The van der Waals surface area contributed by atoms with Gasteiger partial charge in [-0.3, -0.25) is 4.79 Å². The van der Waals surface area contributed by atoms with Crippen LogP contribution >= 0.6 is 11.6 Å². The number of hydrogen-bond acceptors (Lipinski definition) is 4. The van der Waals surface area contributed by atoms with Gasteiger partial charge in [0.05, 0.1) is 12.0 Å². The first-order valence-electron chi connectivity index (χ1n) is 4.36. The summed E-state index contributed by atoms with van der Waals surface area (Å²) in [5.41, 5.74) is 5.53. The summed E-state index contributed by atoms with van der Waals surface area (Å²) in [4.78, 5) is 14.4. The van der Waals surface area contributed by atoms with E-state index in [-0.39, 0.29) is 10.8 Å². The quantitative estimate of drug-likeness (QED) is 0.680. The van der Waals surface area contributed by atoms with Crippen LogP contribution in [0.5, 0.6) is 0 Å². The molecule has 0 radical (unpaired) electrons. The first kappa shape index (κ1) is 12.0. The zero-order valence-corrected chi connectivity index (χ0v) is 8.85. The van der Waals surface area contributed by atoms with E-state index in [4.69, 9.17) is 22.4 Å². The fourth-order valence-corrected chi connectivity index (χ4v) is 1.48. The standard InChI is InChI=1S/C8H12ClN3O3/c1-2-12-3-11-7(9)5(12)6(13)4(10)8(14)15/h3-4,6,13H,2,10H2,1H3,(H,14,15). The highest BCUT2D eigenvalue weighted by Crippen LogP contribution is 2.23. The second-order valence-electron chi connectivity index (χ2n) is 3.02. The third-order valence-corrected chi connectivity index (χ3v) is 2.37. The molecule has 0 saturated heterocycles. The second-order valence-corrected chi connectivity index (χ2v) is 3.37. The summed E-state index contributed by atoms with van der Waals surface area (Å²) in [5.74, 6) is -1.29. The van der Waals surface area contributed by atoms with Gasteiger partial charge in [-0.2, -0.15) is 0 Å². The monoisotopic (exact) mass is 233 g/mol. The zero-order valence-electron chi connectivity index (χ0n) is 8.09. The third kappa shape index (κ3) is 2.28. The van der Waals surface area contributed by atoms with Crippen LogP contribution in [0.25, 0.3) is 0 Å². The van der Waals surface area contributed by atoms with Gasteiger partial charge in [-0.15, -0.1) is 0 Å². The number of aromatic nitrogens is 2. The van der Waals surface area contributed by atoms with Crippen molar-refractivity contribution in [3.63, 3.8) is 0 Å². The van der Waals surface area contributed by atoms with Crippen LogP contribution in [0.1, 0.15) is 18.7 Å². The predicted molar refractivity (Wildman–Crippen MR) is 53.5 cm³/mol. The fourth-order valence-electron chi connectivity index (χ4n) is 1.22. The summed E-state index contributed by atoms with van der Waals surface area (Å²) >= 11 is 5.73. The summed E-state index contributed by atoms with van der Waals surface area (Å²) in [7, 11) is 0. The van der Waals surface area contributed by atoms with Gasteiger partial charge in [0.2, 0.25) is 0 Å². The van der Waals surface area contributed by atoms with E-state index in [1.807, 2.05) is 6.92 Å². The number of aliphatic carboxylic acids is 1. The maximum atomic E-state index is 10.6. The highest BCUT2D eigenvalue weighted by atomic mass is 35.5. The van der Waals surface area contributed by atoms with Crippen LogP contribution in [0.3, 0.4) is 0 Å². The van der Waals surface area contributed by atoms with Crippen molar-refractivity contribution in [2.45, 2.75) is 25.6 Å². The molecule has 84 valence electrons. The Morgan fingerprint density at radius 3 is 2.87 bits per heavy atom. The van der Waals surface area contributed by atoms with Crippen molar-refractivity contribution in [2.24, 2.45) is 5.73 Å². The van der Waals surface area contributed by atoms with Gasteiger partial charge < -0.3 is 20.5 Å². The molecule has 0 aromatic carbocycles. The molecule has 1 heterocycles. The molecule has 2 atom stereocenters. The lowest BCUT2D eigenvalue weighted by Crippen LogP contribution is -2.37. The molecule has 0 aliphatic carbocycles. The van der Waals surface area contributed by atoms with Crippen molar-refractivity contribution in [1.82, 2.24) is 9.55 Å². The van der Waals surface area contributed by atoms with E-state index >= 15 is 0 Å². The number of carboxylic acid groups (broad SMARTS) is 1. The lowest BCUT2D eigenvalue weighted by atomic mass is 10.1. The summed E-state index contributed by atoms with van der Waals surface area (Å²) in [6, 6.07) is -1.41. The van der Waals surface area contributed by atoms with Gasteiger partial charge in [-0.05, 0) is 6.92 Å². The number of aryl methyl sites for hydroxylation is 1. The lowest BCUT2D eigenvalue weighted by molar-refractivity contribution is -0.141. The van der Waals surface area contributed by atoms with E-state index in [0.29, 0.717) is 6.54 Å². The number of imidazole rings is 1. The lowest BCUT2D eigenvalue weighted by Gasteiger charge is -2.16. The van der Waals surface area contributed by atoms with Crippen LogP contribution in [0.4, 0.5) is 0 Å². The highest BCUT2D eigenvalue weighted by Gasteiger charge is 2.28. The van der Waals surface area contributed by atoms with Crippen LogP contribution in [0.15, 0.2) is 6.33 Å². The second kappa shape index (κ2) is 4.61. The van der Waals surface area contributed by atoms with Gasteiger partial charge in [0, 0.05) is 6.54 Å². The van der Waals surface area contributed by atoms with Gasteiger partial charge in [0.25, 0.3) is 0 Å². The molecule has 6 nitrogen and oxygen atoms in total.